The average molecular weight is 507 g/mol. The molecule has 0 aliphatic carbocycles. The first kappa shape index (κ1) is 24.6. The predicted octanol–water partition coefficient (Wildman–Crippen LogP) is 5.00. The molecule has 0 radical (unpaired) electrons. The molecule has 3 rings (SSSR count). The summed E-state index contributed by atoms with van der Waals surface area (Å²) in [6.45, 7) is 1.26. The average Bonchev–Trinajstić information content (AvgIpc) is 2.80. The Kier molecular flexibility index (Phi) is 7.97. The number of esters is 1. The molecule has 0 unspecified atom stereocenters. The molecule has 0 saturated carbocycles. The molecule has 0 aliphatic rings. The minimum atomic E-state index is -4.13. The van der Waals surface area contributed by atoms with Gasteiger partial charge >= 0.3 is 5.97 Å². The van der Waals surface area contributed by atoms with E-state index in [9.17, 15) is 18.0 Å². The lowest BCUT2D eigenvalue weighted by Gasteiger charge is -2.24. The zero-order chi connectivity index (χ0) is 24.0. The Hall–Kier alpha value is -3.07. The molecule has 172 valence electrons. The van der Waals surface area contributed by atoms with Crippen molar-refractivity contribution < 1.29 is 22.7 Å². The second-order valence-electron chi connectivity index (χ2n) is 6.74. The van der Waals surface area contributed by atoms with Crippen LogP contribution in [0.25, 0.3) is 0 Å². The van der Waals surface area contributed by atoms with Gasteiger partial charge in [0.15, 0.2) is 0 Å². The quantitative estimate of drug-likeness (QED) is 0.433. The molecular weight excluding hydrogens is 487 g/mol. The second-order valence-corrected chi connectivity index (χ2v) is 9.41. The molecule has 7 nitrogen and oxygen atoms in total. The second kappa shape index (κ2) is 10.7. The third kappa shape index (κ3) is 5.84. The maximum absolute atomic E-state index is 13.4. The van der Waals surface area contributed by atoms with Crippen LogP contribution < -0.4 is 9.62 Å². The number of hydrogen-bond acceptors (Lipinski definition) is 5. The number of anilines is 2. The normalized spacial score (nSPS) is 11.0. The molecule has 0 heterocycles. The lowest BCUT2D eigenvalue weighted by atomic mass is 10.2. The first-order valence-electron chi connectivity index (χ1n) is 9.83. The van der Waals surface area contributed by atoms with Gasteiger partial charge in [-0.3, -0.25) is 9.10 Å². The van der Waals surface area contributed by atoms with E-state index in [1.807, 2.05) is 0 Å². The SMILES string of the molecule is CCOC(=O)c1ccccc1NC(=O)CN(c1ccc(Cl)c(Cl)c1)S(=O)(=O)c1ccccc1. The number of halogens is 2. The van der Waals surface area contributed by atoms with Gasteiger partial charge in [-0.1, -0.05) is 53.5 Å². The van der Waals surface area contributed by atoms with Gasteiger partial charge in [0, 0.05) is 0 Å². The Morgan fingerprint density at radius 2 is 1.61 bits per heavy atom. The Bertz CT molecular complexity index is 1270. The van der Waals surface area contributed by atoms with E-state index in [0.717, 1.165) is 4.31 Å². The van der Waals surface area contributed by atoms with E-state index >= 15 is 0 Å². The summed E-state index contributed by atoms with van der Waals surface area (Å²) < 4.78 is 32.7. The van der Waals surface area contributed by atoms with Crippen LogP contribution in [-0.2, 0) is 19.6 Å². The van der Waals surface area contributed by atoms with E-state index in [1.54, 1.807) is 37.3 Å². The molecule has 1 amide bonds. The van der Waals surface area contributed by atoms with Crippen molar-refractivity contribution in [2.45, 2.75) is 11.8 Å². The molecule has 0 aliphatic heterocycles. The molecule has 0 aromatic heterocycles. The van der Waals surface area contributed by atoms with E-state index < -0.39 is 28.4 Å². The van der Waals surface area contributed by atoms with Crippen molar-refractivity contribution in [3.05, 3.63) is 88.4 Å². The van der Waals surface area contributed by atoms with Gasteiger partial charge in [0.1, 0.15) is 6.54 Å². The minimum absolute atomic E-state index is 0.00389. The van der Waals surface area contributed by atoms with Crippen LogP contribution in [-0.4, -0.2) is 33.4 Å². The van der Waals surface area contributed by atoms with Crippen LogP contribution in [0.15, 0.2) is 77.7 Å². The largest absolute Gasteiger partial charge is 0.462 e. The van der Waals surface area contributed by atoms with Crippen molar-refractivity contribution >= 4 is 56.5 Å². The van der Waals surface area contributed by atoms with E-state index in [2.05, 4.69) is 5.32 Å². The zero-order valence-electron chi connectivity index (χ0n) is 17.5. The Balaban J connectivity index is 1.95. The first-order chi connectivity index (χ1) is 15.7. The van der Waals surface area contributed by atoms with Gasteiger partial charge in [0.05, 0.1) is 38.5 Å². The number of nitrogens with one attached hydrogen (secondary N) is 1. The number of para-hydroxylation sites is 1. The Morgan fingerprint density at radius 3 is 2.27 bits per heavy atom. The summed E-state index contributed by atoms with van der Waals surface area (Å²) in [5, 5.41) is 2.97. The highest BCUT2D eigenvalue weighted by molar-refractivity contribution is 7.92. The highest BCUT2D eigenvalue weighted by Gasteiger charge is 2.28. The van der Waals surface area contributed by atoms with Crippen molar-refractivity contribution in [1.29, 1.82) is 0 Å². The van der Waals surface area contributed by atoms with E-state index in [-0.39, 0.29) is 38.5 Å². The summed E-state index contributed by atoms with van der Waals surface area (Å²) in [6.07, 6.45) is 0. The number of benzene rings is 3. The molecule has 0 fully saturated rings. The lowest BCUT2D eigenvalue weighted by Crippen LogP contribution is -2.38. The highest BCUT2D eigenvalue weighted by Crippen LogP contribution is 2.30. The zero-order valence-corrected chi connectivity index (χ0v) is 19.8. The Labute approximate surface area is 201 Å². The van der Waals surface area contributed by atoms with Crippen LogP contribution in [0.4, 0.5) is 11.4 Å². The minimum Gasteiger partial charge on any atom is -0.462 e. The molecular formula is C23H20Cl2N2O5S. The number of carbonyl (C=O) groups excluding carboxylic acids is 2. The summed E-state index contributed by atoms with van der Waals surface area (Å²) in [5.74, 6) is -1.27. The molecule has 0 spiro atoms. The monoisotopic (exact) mass is 506 g/mol. The lowest BCUT2D eigenvalue weighted by molar-refractivity contribution is -0.114. The van der Waals surface area contributed by atoms with Gasteiger partial charge in [-0.05, 0) is 49.4 Å². The molecule has 33 heavy (non-hydrogen) atoms. The van der Waals surface area contributed by atoms with Gasteiger partial charge in [-0.25, -0.2) is 13.2 Å². The number of nitrogens with zero attached hydrogens (tertiary/aromatic N) is 1. The van der Waals surface area contributed by atoms with Crippen molar-refractivity contribution in [2.24, 2.45) is 0 Å². The molecule has 0 atom stereocenters. The first-order valence-corrected chi connectivity index (χ1v) is 12.0. The van der Waals surface area contributed by atoms with Gasteiger partial charge < -0.3 is 10.1 Å². The number of amides is 1. The maximum atomic E-state index is 13.4. The van der Waals surface area contributed by atoms with Crippen molar-refractivity contribution in [1.82, 2.24) is 0 Å². The highest BCUT2D eigenvalue weighted by atomic mass is 35.5. The molecule has 1 N–H and O–H groups in total. The molecule has 0 bridgehead atoms. The predicted molar refractivity (Wildman–Crippen MR) is 128 cm³/mol. The standard InChI is InChI=1S/C23H20Cl2N2O5S/c1-2-32-23(29)18-10-6-7-11-21(18)26-22(28)15-27(16-12-13-19(24)20(25)14-16)33(30,31)17-8-4-3-5-9-17/h3-14H,2,15H2,1H3,(H,26,28). The summed E-state index contributed by atoms with van der Waals surface area (Å²) in [4.78, 5) is 25.1. The van der Waals surface area contributed by atoms with E-state index in [0.29, 0.717) is 0 Å². The molecule has 3 aromatic carbocycles. The number of hydrogen-bond donors (Lipinski definition) is 1. The number of rotatable bonds is 8. The third-order valence-corrected chi connectivity index (χ3v) is 7.03. The van der Waals surface area contributed by atoms with Gasteiger partial charge in [0.2, 0.25) is 5.91 Å². The summed E-state index contributed by atoms with van der Waals surface area (Å²) >= 11 is 12.1. The molecule has 3 aromatic rings. The summed E-state index contributed by atoms with van der Waals surface area (Å²) in [7, 11) is -4.13. The van der Waals surface area contributed by atoms with Crippen molar-refractivity contribution in [2.75, 3.05) is 22.8 Å². The van der Waals surface area contributed by atoms with Gasteiger partial charge in [-0.15, -0.1) is 0 Å². The summed E-state index contributed by atoms with van der Waals surface area (Å²) in [5.41, 5.74) is 0.508. The topological polar surface area (TPSA) is 92.8 Å². The summed E-state index contributed by atoms with van der Waals surface area (Å²) in [6, 6.07) is 18.2. The fourth-order valence-corrected chi connectivity index (χ4v) is 4.70. The molecule has 0 saturated heterocycles. The van der Waals surface area contributed by atoms with Crippen LogP contribution >= 0.6 is 23.2 Å². The van der Waals surface area contributed by atoms with Crippen LogP contribution in [0.1, 0.15) is 17.3 Å². The molecule has 10 heteroatoms. The van der Waals surface area contributed by atoms with Crippen LogP contribution in [0, 0.1) is 0 Å². The van der Waals surface area contributed by atoms with Crippen molar-refractivity contribution in [3.8, 4) is 0 Å². The van der Waals surface area contributed by atoms with E-state index in [4.69, 9.17) is 27.9 Å². The third-order valence-electron chi connectivity index (χ3n) is 4.51. The fourth-order valence-electron chi connectivity index (χ4n) is 2.97. The smallest absolute Gasteiger partial charge is 0.340 e. The number of sulfonamides is 1. The number of carbonyl (C=O) groups is 2. The van der Waals surface area contributed by atoms with Crippen LogP contribution in [0.5, 0.6) is 0 Å². The number of ether oxygens (including phenoxy) is 1. The van der Waals surface area contributed by atoms with Crippen LogP contribution in [0.3, 0.4) is 0 Å². The van der Waals surface area contributed by atoms with Crippen molar-refractivity contribution in [3.63, 3.8) is 0 Å². The van der Waals surface area contributed by atoms with E-state index in [1.165, 1.54) is 42.5 Å². The fraction of sp³-hybridized carbons (Fsp3) is 0.130. The van der Waals surface area contributed by atoms with Gasteiger partial charge in [-0.2, -0.15) is 0 Å². The van der Waals surface area contributed by atoms with Gasteiger partial charge in [0.25, 0.3) is 10.0 Å². The van der Waals surface area contributed by atoms with Crippen LogP contribution in [0.2, 0.25) is 10.0 Å². The maximum Gasteiger partial charge on any atom is 0.340 e. The Morgan fingerprint density at radius 1 is 0.939 bits per heavy atom.